The zero-order valence-electron chi connectivity index (χ0n) is 18.6. The fraction of sp³-hybridized carbons (Fsp3) is 0.565. The average Bonchev–Trinajstić information content (AvgIpc) is 3.34. The number of rotatable bonds is 8. The van der Waals surface area contributed by atoms with E-state index in [2.05, 4.69) is 20.1 Å². The second kappa shape index (κ2) is 11.1. The van der Waals surface area contributed by atoms with Gasteiger partial charge in [-0.1, -0.05) is 0 Å². The first-order valence-corrected chi connectivity index (χ1v) is 11.7. The highest BCUT2D eigenvalue weighted by molar-refractivity contribution is 7.80. The summed E-state index contributed by atoms with van der Waals surface area (Å²) in [4.78, 5) is 20.2. The Bertz CT molecular complexity index is 970. The van der Waals surface area contributed by atoms with Gasteiger partial charge in [0.1, 0.15) is 5.75 Å². The number of hydrogen-bond donors (Lipinski definition) is 2. The molecule has 9 heteroatoms. The molecule has 0 radical (unpaired) electrons. The van der Waals surface area contributed by atoms with E-state index in [9.17, 15) is 4.79 Å². The van der Waals surface area contributed by atoms with E-state index < -0.39 is 0 Å². The fourth-order valence-electron chi connectivity index (χ4n) is 4.14. The van der Waals surface area contributed by atoms with E-state index in [4.69, 9.17) is 26.4 Å². The van der Waals surface area contributed by atoms with Gasteiger partial charge in [0.2, 0.25) is 0 Å². The van der Waals surface area contributed by atoms with Gasteiger partial charge in [0.15, 0.2) is 5.11 Å². The highest BCUT2D eigenvalue weighted by Crippen LogP contribution is 2.19. The van der Waals surface area contributed by atoms with E-state index in [-0.39, 0.29) is 11.7 Å². The van der Waals surface area contributed by atoms with Gasteiger partial charge in [-0.15, -0.1) is 0 Å². The third-order valence-corrected chi connectivity index (χ3v) is 6.47. The molecular weight excluding hydrogens is 428 g/mol. The molecule has 0 bridgehead atoms. The van der Waals surface area contributed by atoms with E-state index in [1.807, 2.05) is 24.3 Å². The molecule has 8 nitrogen and oxygen atoms in total. The SMILES string of the molecule is COc1ccc2[nH]c(=O)c(CN(CCN3CCOCC3)C(=S)NC[C@H]3CCCO3)cc2c1. The lowest BCUT2D eigenvalue weighted by Crippen LogP contribution is -2.47. The van der Waals surface area contributed by atoms with Crippen LogP contribution in [0.25, 0.3) is 10.9 Å². The van der Waals surface area contributed by atoms with Crippen molar-refractivity contribution in [1.29, 1.82) is 0 Å². The lowest BCUT2D eigenvalue weighted by Gasteiger charge is -2.31. The minimum atomic E-state index is -0.0963. The highest BCUT2D eigenvalue weighted by atomic mass is 32.1. The molecule has 0 aliphatic carbocycles. The Morgan fingerprint density at radius 2 is 2.16 bits per heavy atom. The number of ether oxygens (including phenoxy) is 3. The van der Waals surface area contributed by atoms with Crippen LogP contribution in [-0.4, -0.2) is 85.7 Å². The monoisotopic (exact) mass is 460 g/mol. The lowest BCUT2D eigenvalue weighted by atomic mass is 10.1. The minimum Gasteiger partial charge on any atom is -0.497 e. The number of nitrogens with one attached hydrogen (secondary N) is 2. The molecule has 4 rings (SSSR count). The standard InChI is InChI=1S/C23H32N4O4S/c1-29-19-4-5-21-17(14-19)13-18(22(28)25-21)16-27(7-6-26-8-11-30-12-9-26)23(32)24-15-20-3-2-10-31-20/h4-5,13-14,20H,2-3,6-12,15-16H2,1H3,(H,24,32)(H,25,28)/t20-/m1/s1. The second-order valence-corrected chi connectivity index (χ2v) is 8.66. The van der Waals surface area contributed by atoms with Crippen LogP contribution in [0.3, 0.4) is 0 Å². The first kappa shape index (κ1) is 23.0. The molecule has 0 saturated carbocycles. The van der Waals surface area contributed by atoms with Crippen molar-refractivity contribution in [2.24, 2.45) is 0 Å². The van der Waals surface area contributed by atoms with Crippen LogP contribution in [0.15, 0.2) is 29.1 Å². The largest absolute Gasteiger partial charge is 0.497 e. The van der Waals surface area contributed by atoms with Crippen molar-refractivity contribution in [3.8, 4) is 5.75 Å². The van der Waals surface area contributed by atoms with Crippen LogP contribution >= 0.6 is 12.2 Å². The first-order valence-electron chi connectivity index (χ1n) is 11.3. The van der Waals surface area contributed by atoms with E-state index in [0.717, 1.165) is 75.5 Å². The third-order valence-electron chi connectivity index (χ3n) is 6.07. The van der Waals surface area contributed by atoms with Crippen molar-refractivity contribution in [3.63, 3.8) is 0 Å². The highest BCUT2D eigenvalue weighted by Gasteiger charge is 2.19. The van der Waals surface area contributed by atoms with Gasteiger partial charge in [0.05, 0.1) is 33.0 Å². The Hall–Kier alpha value is -2.20. The summed E-state index contributed by atoms with van der Waals surface area (Å²) >= 11 is 5.74. The Morgan fingerprint density at radius 3 is 2.91 bits per heavy atom. The number of aromatic amines is 1. The Balaban J connectivity index is 1.49. The van der Waals surface area contributed by atoms with Crippen LogP contribution in [0.5, 0.6) is 5.75 Å². The summed E-state index contributed by atoms with van der Waals surface area (Å²) in [5.41, 5.74) is 1.37. The van der Waals surface area contributed by atoms with Gasteiger partial charge >= 0.3 is 0 Å². The van der Waals surface area contributed by atoms with Gasteiger partial charge in [0, 0.05) is 55.8 Å². The van der Waals surface area contributed by atoms with E-state index in [1.165, 1.54) is 0 Å². The van der Waals surface area contributed by atoms with Gasteiger partial charge in [-0.2, -0.15) is 0 Å². The number of methoxy groups -OCH3 is 1. The molecule has 32 heavy (non-hydrogen) atoms. The fourth-order valence-corrected chi connectivity index (χ4v) is 4.38. The molecule has 2 aliphatic heterocycles. The molecular formula is C23H32N4O4S. The summed E-state index contributed by atoms with van der Waals surface area (Å²) < 4.78 is 16.5. The quantitative estimate of drug-likeness (QED) is 0.577. The van der Waals surface area contributed by atoms with Crippen LogP contribution in [0, 0.1) is 0 Å². The van der Waals surface area contributed by atoms with Crippen molar-refractivity contribution in [2.45, 2.75) is 25.5 Å². The van der Waals surface area contributed by atoms with Crippen molar-refractivity contribution in [3.05, 3.63) is 40.2 Å². The molecule has 1 atom stereocenters. The number of aromatic nitrogens is 1. The molecule has 174 valence electrons. The van der Waals surface area contributed by atoms with Crippen LogP contribution in [0.2, 0.25) is 0 Å². The summed E-state index contributed by atoms with van der Waals surface area (Å²) in [6.07, 6.45) is 2.34. The maximum absolute atomic E-state index is 12.8. The van der Waals surface area contributed by atoms with Crippen molar-refractivity contribution in [1.82, 2.24) is 20.1 Å². The molecule has 0 spiro atoms. The number of pyridine rings is 1. The van der Waals surface area contributed by atoms with Gasteiger partial charge in [0.25, 0.3) is 5.56 Å². The normalized spacial score (nSPS) is 19.2. The Kier molecular flexibility index (Phi) is 7.96. The smallest absolute Gasteiger partial charge is 0.253 e. The molecule has 0 amide bonds. The molecule has 1 aromatic heterocycles. The molecule has 2 N–H and O–H groups in total. The average molecular weight is 461 g/mol. The number of morpholine rings is 1. The van der Waals surface area contributed by atoms with Gasteiger partial charge in [-0.3, -0.25) is 9.69 Å². The van der Waals surface area contributed by atoms with Crippen LogP contribution in [0.1, 0.15) is 18.4 Å². The van der Waals surface area contributed by atoms with Crippen molar-refractivity contribution in [2.75, 3.05) is 59.7 Å². The summed E-state index contributed by atoms with van der Waals surface area (Å²) in [7, 11) is 1.64. The van der Waals surface area contributed by atoms with Crippen LogP contribution in [0.4, 0.5) is 0 Å². The number of hydrogen-bond acceptors (Lipinski definition) is 6. The molecule has 1 aromatic carbocycles. The predicted octanol–water partition coefficient (Wildman–Crippen LogP) is 1.72. The zero-order chi connectivity index (χ0) is 22.3. The van der Waals surface area contributed by atoms with Crippen LogP contribution in [-0.2, 0) is 16.0 Å². The topological polar surface area (TPSA) is 79.1 Å². The molecule has 3 heterocycles. The molecule has 2 fully saturated rings. The minimum absolute atomic E-state index is 0.0963. The maximum atomic E-state index is 12.8. The van der Waals surface area contributed by atoms with Gasteiger partial charge < -0.3 is 29.4 Å². The van der Waals surface area contributed by atoms with E-state index >= 15 is 0 Å². The molecule has 2 aliphatic rings. The van der Waals surface area contributed by atoms with Crippen molar-refractivity contribution >= 4 is 28.2 Å². The maximum Gasteiger partial charge on any atom is 0.253 e. The Morgan fingerprint density at radius 1 is 1.31 bits per heavy atom. The number of nitrogens with zero attached hydrogens (tertiary/aromatic N) is 2. The molecule has 2 saturated heterocycles. The summed E-state index contributed by atoms with van der Waals surface area (Å²) in [6, 6.07) is 7.57. The summed E-state index contributed by atoms with van der Waals surface area (Å²) in [6.45, 7) is 6.89. The number of thiocarbonyl (C=S) groups is 1. The van der Waals surface area contributed by atoms with E-state index in [0.29, 0.717) is 23.8 Å². The van der Waals surface area contributed by atoms with Gasteiger partial charge in [-0.05, 0) is 49.3 Å². The molecule has 0 unspecified atom stereocenters. The van der Waals surface area contributed by atoms with Crippen molar-refractivity contribution < 1.29 is 14.2 Å². The summed E-state index contributed by atoms with van der Waals surface area (Å²) in [5.74, 6) is 0.758. The second-order valence-electron chi connectivity index (χ2n) is 8.27. The number of H-pyrrole nitrogens is 1. The summed E-state index contributed by atoms with van der Waals surface area (Å²) in [5, 5.41) is 4.95. The van der Waals surface area contributed by atoms with E-state index in [1.54, 1.807) is 7.11 Å². The third kappa shape index (κ3) is 5.98. The lowest BCUT2D eigenvalue weighted by molar-refractivity contribution is 0.0356. The van der Waals surface area contributed by atoms with Crippen LogP contribution < -0.4 is 15.6 Å². The Labute approximate surface area is 193 Å². The predicted molar refractivity (Wildman–Crippen MR) is 128 cm³/mol. The number of benzene rings is 1. The zero-order valence-corrected chi connectivity index (χ0v) is 19.4. The molecule has 2 aromatic rings. The van der Waals surface area contributed by atoms with Gasteiger partial charge in [-0.25, -0.2) is 0 Å². The number of fused-ring (bicyclic) bond motifs is 1. The first-order chi connectivity index (χ1) is 15.6.